The highest BCUT2D eigenvalue weighted by molar-refractivity contribution is 6.08. The Labute approximate surface area is 157 Å². The number of rotatable bonds is 5. The minimum Gasteiger partial charge on any atom is -0.478 e. The largest absolute Gasteiger partial charge is 0.478 e. The van der Waals surface area contributed by atoms with E-state index in [2.05, 4.69) is 10.3 Å². The second-order valence-corrected chi connectivity index (χ2v) is 6.30. The van der Waals surface area contributed by atoms with Gasteiger partial charge in [0.05, 0.1) is 6.61 Å². The summed E-state index contributed by atoms with van der Waals surface area (Å²) in [6, 6.07) is 15.8. The summed E-state index contributed by atoms with van der Waals surface area (Å²) >= 11 is 0. The van der Waals surface area contributed by atoms with Crippen LogP contribution in [-0.2, 0) is 6.54 Å². The maximum absolute atomic E-state index is 12.7. The zero-order valence-corrected chi connectivity index (χ0v) is 15.3. The number of aryl methyl sites for hydroxylation is 1. The highest BCUT2D eigenvalue weighted by atomic mass is 16.5. The number of carbonyl (C=O) groups is 1. The van der Waals surface area contributed by atoms with Gasteiger partial charge in [-0.05, 0) is 25.3 Å². The smallest absolute Gasteiger partial charge is 0.287 e. The van der Waals surface area contributed by atoms with Gasteiger partial charge in [0.1, 0.15) is 5.58 Å². The van der Waals surface area contributed by atoms with Crippen LogP contribution in [0.2, 0.25) is 0 Å². The molecule has 0 radical (unpaired) electrons. The zero-order chi connectivity index (χ0) is 18.8. The number of nitrogens with zero attached hydrogens (tertiary/aromatic N) is 1. The second-order valence-electron chi connectivity index (χ2n) is 6.30. The van der Waals surface area contributed by atoms with E-state index in [0.717, 1.165) is 32.9 Å². The quantitative estimate of drug-likeness (QED) is 0.564. The van der Waals surface area contributed by atoms with Crippen LogP contribution in [-0.4, -0.2) is 17.5 Å². The number of amides is 1. The summed E-state index contributed by atoms with van der Waals surface area (Å²) in [6.07, 6.45) is 1.67. The normalized spacial score (nSPS) is 11.0. The van der Waals surface area contributed by atoms with Crippen molar-refractivity contribution in [2.24, 2.45) is 0 Å². The average Bonchev–Trinajstić information content (AvgIpc) is 3.04. The van der Waals surface area contributed by atoms with Crippen LogP contribution in [0.1, 0.15) is 28.6 Å². The Hall–Kier alpha value is -3.34. The van der Waals surface area contributed by atoms with Gasteiger partial charge in [0.15, 0.2) is 5.76 Å². The zero-order valence-electron chi connectivity index (χ0n) is 15.3. The SMILES string of the molecule is CCOc1ncccc1CNC(=O)c1oc2c(ccc3ccccc32)c1C. The molecule has 0 fully saturated rings. The average molecular weight is 360 g/mol. The molecule has 0 bridgehead atoms. The molecule has 5 nitrogen and oxygen atoms in total. The van der Waals surface area contributed by atoms with Gasteiger partial charge >= 0.3 is 0 Å². The van der Waals surface area contributed by atoms with E-state index in [4.69, 9.17) is 9.15 Å². The van der Waals surface area contributed by atoms with Crippen LogP contribution in [0.5, 0.6) is 5.88 Å². The van der Waals surface area contributed by atoms with Crippen molar-refractivity contribution in [3.63, 3.8) is 0 Å². The molecule has 0 spiro atoms. The number of ether oxygens (including phenoxy) is 1. The van der Waals surface area contributed by atoms with Gasteiger partial charge in [-0.1, -0.05) is 42.5 Å². The Morgan fingerprint density at radius 3 is 2.81 bits per heavy atom. The molecule has 4 rings (SSSR count). The van der Waals surface area contributed by atoms with Crippen molar-refractivity contribution < 1.29 is 13.9 Å². The lowest BCUT2D eigenvalue weighted by atomic mass is 10.1. The van der Waals surface area contributed by atoms with E-state index < -0.39 is 0 Å². The van der Waals surface area contributed by atoms with Gasteiger partial charge in [-0.3, -0.25) is 4.79 Å². The van der Waals surface area contributed by atoms with Gasteiger partial charge in [-0.2, -0.15) is 0 Å². The summed E-state index contributed by atoms with van der Waals surface area (Å²) in [5, 5.41) is 5.95. The fourth-order valence-corrected chi connectivity index (χ4v) is 3.25. The van der Waals surface area contributed by atoms with Crippen LogP contribution < -0.4 is 10.1 Å². The van der Waals surface area contributed by atoms with Crippen molar-refractivity contribution in [2.45, 2.75) is 20.4 Å². The predicted molar refractivity (Wildman–Crippen MR) is 105 cm³/mol. The van der Waals surface area contributed by atoms with Gasteiger partial charge < -0.3 is 14.5 Å². The molecule has 0 saturated heterocycles. The number of hydrogen-bond acceptors (Lipinski definition) is 4. The van der Waals surface area contributed by atoms with Gasteiger partial charge in [-0.25, -0.2) is 4.98 Å². The van der Waals surface area contributed by atoms with Gasteiger partial charge in [0.2, 0.25) is 5.88 Å². The van der Waals surface area contributed by atoms with Crippen molar-refractivity contribution in [2.75, 3.05) is 6.61 Å². The molecule has 4 aromatic rings. The van der Waals surface area contributed by atoms with Crippen LogP contribution in [0.3, 0.4) is 0 Å². The maximum atomic E-state index is 12.7. The summed E-state index contributed by atoms with van der Waals surface area (Å²) in [7, 11) is 0. The van der Waals surface area contributed by atoms with Crippen molar-refractivity contribution in [1.29, 1.82) is 0 Å². The van der Waals surface area contributed by atoms with Crippen LogP contribution in [0.25, 0.3) is 21.7 Å². The Bertz CT molecular complexity index is 1130. The number of fused-ring (bicyclic) bond motifs is 3. The summed E-state index contributed by atoms with van der Waals surface area (Å²) in [4.78, 5) is 17.0. The molecule has 0 saturated carbocycles. The first-order valence-electron chi connectivity index (χ1n) is 8.94. The van der Waals surface area contributed by atoms with Crippen molar-refractivity contribution in [3.8, 4) is 5.88 Å². The number of benzene rings is 2. The molecule has 1 amide bonds. The van der Waals surface area contributed by atoms with Crippen LogP contribution in [0, 0.1) is 6.92 Å². The number of carbonyl (C=O) groups excluding carboxylic acids is 1. The lowest BCUT2D eigenvalue weighted by Gasteiger charge is -2.09. The number of furan rings is 1. The highest BCUT2D eigenvalue weighted by Gasteiger charge is 2.19. The Kier molecular flexibility index (Phi) is 4.50. The monoisotopic (exact) mass is 360 g/mol. The van der Waals surface area contributed by atoms with E-state index in [1.165, 1.54) is 0 Å². The molecular weight excluding hydrogens is 340 g/mol. The van der Waals surface area contributed by atoms with Crippen molar-refractivity contribution >= 4 is 27.6 Å². The van der Waals surface area contributed by atoms with Crippen LogP contribution in [0.15, 0.2) is 59.1 Å². The number of nitrogens with one attached hydrogen (secondary N) is 1. The maximum Gasteiger partial charge on any atom is 0.287 e. The second kappa shape index (κ2) is 7.11. The van der Waals surface area contributed by atoms with E-state index in [-0.39, 0.29) is 5.91 Å². The lowest BCUT2D eigenvalue weighted by molar-refractivity contribution is 0.0924. The third-order valence-corrected chi connectivity index (χ3v) is 4.60. The molecule has 0 aliphatic rings. The molecule has 0 aliphatic heterocycles. The third-order valence-electron chi connectivity index (χ3n) is 4.60. The summed E-state index contributed by atoms with van der Waals surface area (Å²) in [5.41, 5.74) is 2.41. The molecule has 0 unspecified atom stereocenters. The molecule has 2 aromatic carbocycles. The standard InChI is InChI=1S/C22H20N2O3/c1-3-26-22-16(8-6-12-23-22)13-24-21(25)19-14(2)17-11-10-15-7-4-5-9-18(15)20(17)27-19/h4-12H,3,13H2,1-2H3,(H,24,25). The number of pyridine rings is 1. The topological polar surface area (TPSA) is 64.4 Å². The molecule has 27 heavy (non-hydrogen) atoms. The third kappa shape index (κ3) is 3.12. The Balaban J connectivity index is 1.63. The molecule has 5 heteroatoms. The molecule has 0 aliphatic carbocycles. The van der Waals surface area contributed by atoms with Gasteiger partial charge in [0.25, 0.3) is 5.91 Å². The van der Waals surface area contributed by atoms with Crippen LogP contribution in [0.4, 0.5) is 0 Å². The first kappa shape index (κ1) is 17.1. The highest BCUT2D eigenvalue weighted by Crippen LogP contribution is 2.31. The van der Waals surface area contributed by atoms with Gasteiger partial charge in [0, 0.05) is 34.6 Å². The van der Waals surface area contributed by atoms with Gasteiger partial charge in [-0.15, -0.1) is 0 Å². The molecule has 136 valence electrons. The van der Waals surface area contributed by atoms with E-state index in [1.54, 1.807) is 6.20 Å². The summed E-state index contributed by atoms with van der Waals surface area (Å²) < 4.78 is 11.5. The molecule has 1 N–H and O–H groups in total. The molecule has 0 atom stereocenters. The first-order valence-corrected chi connectivity index (χ1v) is 8.94. The fourth-order valence-electron chi connectivity index (χ4n) is 3.25. The van der Waals surface area contributed by atoms with E-state index in [0.29, 0.717) is 24.8 Å². The van der Waals surface area contributed by atoms with E-state index in [1.807, 2.05) is 62.4 Å². The molecule has 2 heterocycles. The lowest BCUT2D eigenvalue weighted by Crippen LogP contribution is -2.23. The number of hydrogen-bond donors (Lipinski definition) is 1. The minimum absolute atomic E-state index is 0.251. The summed E-state index contributed by atoms with van der Waals surface area (Å²) in [6.45, 7) is 4.65. The Morgan fingerprint density at radius 2 is 1.96 bits per heavy atom. The van der Waals surface area contributed by atoms with Crippen LogP contribution >= 0.6 is 0 Å². The van der Waals surface area contributed by atoms with Crippen molar-refractivity contribution in [1.82, 2.24) is 10.3 Å². The molecule has 2 aromatic heterocycles. The first-order chi connectivity index (χ1) is 13.2. The fraction of sp³-hybridized carbons (Fsp3) is 0.182. The predicted octanol–water partition coefficient (Wildman–Crippen LogP) is 4.62. The van der Waals surface area contributed by atoms with Crippen molar-refractivity contribution in [3.05, 3.63) is 71.6 Å². The minimum atomic E-state index is -0.251. The van der Waals surface area contributed by atoms with E-state index in [9.17, 15) is 4.79 Å². The Morgan fingerprint density at radius 1 is 1.11 bits per heavy atom. The van der Waals surface area contributed by atoms with E-state index >= 15 is 0 Å². The summed E-state index contributed by atoms with van der Waals surface area (Å²) in [5.74, 6) is 0.620. The number of aromatic nitrogens is 1. The molecular formula is C22H20N2O3.